The molecule has 0 aliphatic heterocycles. The standard InChI is InChI=1S/C12H11BrN2O/c1-8-3-10(6-16)4-9(2)12(8)15-5-11(13)14-7-15/h3-7H,1-2H3. The van der Waals surface area contributed by atoms with Crippen molar-refractivity contribution >= 4 is 22.2 Å². The number of aldehydes is 1. The molecule has 1 heterocycles. The van der Waals surface area contributed by atoms with Crippen LogP contribution in [0, 0.1) is 13.8 Å². The molecular formula is C12H11BrN2O. The van der Waals surface area contributed by atoms with Crippen LogP contribution in [0.4, 0.5) is 0 Å². The van der Waals surface area contributed by atoms with Crippen LogP contribution >= 0.6 is 15.9 Å². The number of rotatable bonds is 2. The Morgan fingerprint density at radius 3 is 2.38 bits per heavy atom. The minimum Gasteiger partial charge on any atom is -0.305 e. The summed E-state index contributed by atoms with van der Waals surface area (Å²) in [6.07, 6.45) is 4.52. The van der Waals surface area contributed by atoms with Crippen molar-refractivity contribution in [3.05, 3.63) is 46.0 Å². The van der Waals surface area contributed by atoms with Gasteiger partial charge in [-0.2, -0.15) is 0 Å². The Morgan fingerprint density at radius 1 is 1.31 bits per heavy atom. The average molecular weight is 279 g/mol. The van der Waals surface area contributed by atoms with Gasteiger partial charge in [0.25, 0.3) is 0 Å². The van der Waals surface area contributed by atoms with E-state index in [-0.39, 0.29) is 0 Å². The van der Waals surface area contributed by atoms with E-state index < -0.39 is 0 Å². The van der Waals surface area contributed by atoms with Crippen molar-refractivity contribution in [1.82, 2.24) is 9.55 Å². The molecular weight excluding hydrogens is 268 g/mol. The molecule has 0 saturated carbocycles. The third kappa shape index (κ3) is 1.93. The minimum atomic E-state index is 0.706. The van der Waals surface area contributed by atoms with Crippen molar-refractivity contribution in [2.45, 2.75) is 13.8 Å². The lowest BCUT2D eigenvalue weighted by Crippen LogP contribution is -1.99. The van der Waals surface area contributed by atoms with Gasteiger partial charge >= 0.3 is 0 Å². The second-order valence-corrected chi connectivity index (χ2v) is 4.54. The number of imidazole rings is 1. The Bertz CT molecular complexity index is 523. The van der Waals surface area contributed by atoms with Crippen LogP contribution in [-0.4, -0.2) is 15.8 Å². The molecule has 0 bridgehead atoms. The Hall–Kier alpha value is -1.42. The van der Waals surface area contributed by atoms with Crippen molar-refractivity contribution in [1.29, 1.82) is 0 Å². The zero-order valence-electron chi connectivity index (χ0n) is 9.07. The van der Waals surface area contributed by atoms with Gasteiger partial charge in [-0.15, -0.1) is 0 Å². The highest BCUT2D eigenvalue weighted by Gasteiger charge is 2.07. The van der Waals surface area contributed by atoms with Gasteiger partial charge in [-0.25, -0.2) is 4.98 Å². The van der Waals surface area contributed by atoms with Gasteiger partial charge in [-0.05, 0) is 53.0 Å². The van der Waals surface area contributed by atoms with Gasteiger partial charge in [0.1, 0.15) is 17.2 Å². The number of nitrogens with zero attached hydrogens (tertiary/aromatic N) is 2. The van der Waals surface area contributed by atoms with Crippen molar-refractivity contribution in [3.8, 4) is 5.69 Å². The highest BCUT2D eigenvalue weighted by Crippen LogP contribution is 2.21. The molecule has 16 heavy (non-hydrogen) atoms. The fourth-order valence-corrected chi connectivity index (χ4v) is 2.20. The summed E-state index contributed by atoms with van der Waals surface area (Å²) in [5.74, 6) is 0. The number of halogens is 1. The van der Waals surface area contributed by atoms with E-state index in [0.29, 0.717) is 5.56 Å². The molecule has 0 saturated heterocycles. The van der Waals surface area contributed by atoms with Crippen LogP contribution in [0.2, 0.25) is 0 Å². The first-order valence-electron chi connectivity index (χ1n) is 4.88. The topological polar surface area (TPSA) is 34.9 Å². The first kappa shape index (κ1) is 11.1. The molecule has 0 atom stereocenters. The second-order valence-electron chi connectivity index (χ2n) is 3.72. The average Bonchev–Trinajstić information content (AvgIpc) is 2.63. The highest BCUT2D eigenvalue weighted by molar-refractivity contribution is 9.10. The molecule has 0 aliphatic carbocycles. The third-order valence-electron chi connectivity index (χ3n) is 2.46. The first-order chi connectivity index (χ1) is 7.61. The maximum absolute atomic E-state index is 10.7. The quantitative estimate of drug-likeness (QED) is 0.792. The van der Waals surface area contributed by atoms with E-state index in [0.717, 1.165) is 27.7 Å². The maximum Gasteiger partial charge on any atom is 0.150 e. The number of carbonyl (C=O) groups excluding carboxylic acids is 1. The number of hydrogen-bond acceptors (Lipinski definition) is 2. The molecule has 2 rings (SSSR count). The van der Waals surface area contributed by atoms with E-state index in [2.05, 4.69) is 20.9 Å². The smallest absolute Gasteiger partial charge is 0.150 e. The zero-order valence-corrected chi connectivity index (χ0v) is 10.7. The summed E-state index contributed by atoms with van der Waals surface area (Å²) >= 11 is 3.32. The predicted octanol–water partition coefficient (Wildman–Crippen LogP) is 3.06. The molecule has 2 aromatic rings. The van der Waals surface area contributed by atoms with Crippen LogP contribution in [0.1, 0.15) is 21.5 Å². The second kappa shape index (κ2) is 4.22. The fourth-order valence-electron chi connectivity index (χ4n) is 1.89. The number of benzene rings is 1. The Balaban J connectivity index is 2.61. The Labute approximate surface area is 102 Å². The van der Waals surface area contributed by atoms with Crippen LogP contribution in [0.15, 0.2) is 29.3 Å². The summed E-state index contributed by atoms with van der Waals surface area (Å²) in [6.45, 7) is 3.98. The van der Waals surface area contributed by atoms with E-state index in [4.69, 9.17) is 0 Å². The number of hydrogen-bond donors (Lipinski definition) is 0. The molecule has 0 aliphatic rings. The molecule has 0 unspecified atom stereocenters. The summed E-state index contributed by atoms with van der Waals surface area (Å²) in [5.41, 5.74) is 3.90. The van der Waals surface area contributed by atoms with Gasteiger partial charge in [0, 0.05) is 11.8 Å². The number of carbonyl (C=O) groups is 1. The molecule has 1 aromatic heterocycles. The highest BCUT2D eigenvalue weighted by atomic mass is 79.9. The predicted molar refractivity (Wildman–Crippen MR) is 66.1 cm³/mol. The molecule has 0 radical (unpaired) electrons. The van der Waals surface area contributed by atoms with Crippen molar-refractivity contribution in [2.75, 3.05) is 0 Å². The van der Waals surface area contributed by atoms with Crippen molar-refractivity contribution < 1.29 is 4.79 Å². The van der Waals surface area contributed by atoms with Crippen LogP contribution in [-0.2, 0) is 0 Å². The maximum atomic E-state index is 10.7. The third-order valence-corrected chi connectivity index (χ3v) is 2.87. The van der Waals surface area contributed by atoms with Gasteiger partial charge in [0.05, 0.1) is 5.69 Å². The van der Waals surface area contributed by atoms with E-state index in [1.54, 1.807) is 6.33 Å². The van der Waals surface area contributed by atoms with Gasteiger partial charge in [0.15, 0.2) is 0 Å². The summed E-state index contributed by atoms with van der Waals surface area (Å²) in [4.78, 5) is 14.9. The van der Waals surface area contributed by atoms with E-state index in [1.807, 2.05) is 36.7 Å². The Kier molecular flexibility index (Phi) is 2.92. The molecule has 4 heteroatoms. The van der Waals surface area contributed by atoms with Gasteiger partial charge in [-0.3, -0.25) is 4.79 Å². The lowest BCUT2D eigenvalue weighted by Gasteiger charge is -2.11. The lowest BCUT2D eigenvalue weighted by molar-refractivity contribution is 0.112. The van der Waals surface area contributed by atoms with Gasteiger partial charge in [0.2, 0.25) is 0 Å². The largest absolute Gasteiger partial charge is 0.305 e. The molecule has 0 N–H and O–H groups in total. The molecule has 0 amide bonds. The zero-order chi connectivity index (χ0) is 11.7. The van der Waals surface area contributed by atoms with E-state index in [1.165, 1.54) is 0 Å². The molecule has 0 spiro atoms. The van der Waals surface area contributed by atoms with Crippen molar-refractivity contribution in [2.24, 2.45) is 0 Å². The molecule has 82 valence electrons. The SMILES string of the molecule is Cc1cc(C=O)cc(C)c1-n1cnc(Br)c1. The van der Waals surface area contributed by atoms with Gasteiger partial charge < -0.3 is 4.57 Å². The number of aryl methyl sites for hydroxylation is 2. The van der Waals surface area contributed by atoms with E-state index in [9.17, 15) is 4.79 Å². The Morgan fingerprint density at radius 2 is 1.94 bits per heavy atom. The van der Waals surface area contributed by atoms with E-state index >= 15 is 0 Å². The fraction of sp³-hybridized carbons (Fsp3) is 0.167. The van der Waals surface area contributed by atoms with Crippen LogP contribution < -0.4 is 0 Å². The molecule has 1 aromatic carbocycles. The van der Waals surface area contributed by atoms with Gasteiger partial charge in [-0.1, -0.05) is 0 Å². The summed E-state index contributed by atoms with van der Waals surface area (Å²) in [5, 5.41) is 0. The summed E-state index contributed by atoms with van der Waals surface area (Å²) < 4.78 is 2.74. The van der Waals surface area contributed by atoms with Crippen LogP contribution in [0.25, 0.3) is 5.69 Å². The molecule has 0 fully saturated rings. The van der Waals surface area contributed by atoms with Crippen LogP contribution in [0.3, 0.4) is 0 Å². The lowest BCUT2D eigenvalue weighted by atomic mass is 10.0. The summed E-state index contributed by atoms with van der Waals surface area (Å²) in [7, 11) is 0. The molecule has 3 nitrogen and oxygen atoms in total. The monoisotopic (exact) mass is 278 g/mol. The first-order valence-corrected chi connectivity index (χ1v) is 5.67. The summed E-state index contributed by atoms with van der Waals surface area (Å²) in [6, 6.07) is 3.76. The number of aromatic nitrogens is 2. The van der Waals surface area contributed by atoms with Crippen molar-refractivity contribution in [3.63, 3.8) is 0 Å². The minimum absolute atomic E-state index is 0.706. The van der Waals surface area contributed by atoms with Crippen LogP contribution in [0.5, 0.6) is 0 Å². The normalized spacial score (nSPS) is 10.4.